The number of nitrogens with zero attached hydrogens (tertiary/aromatic N) is 3. The molecule has 0 radical (unpaired) electrons. The first-order valence-corrected chi connectivity index (χ1v) is 13.4. The van der Waals surface area contributed by atoms with E-state index in [0.717, 1.165) is 47.7 Å². The fourth-order valence-electron chi connectivity index (χ4n) is 5.56. The number of halogens is 3. The van der Waals surface area contributed by atoms with Crippen LogP contribution in [0.5, 0.6) is 0 Å². The first-order valence-electron chi connectivity index (χ1n) is 13.4. The molecule has 0 spiro atoms. The number of carbonyl (C=O) groups is 1. The summed E-state index contributed by atoms with van der Waals surface area (Å²) in [6.45, 7) is 0.149. The third-order valence-electron chi connectivity index (χ3n) is 8.00. The number of nitrogens with one attached hydrogen (secondary N) is 1. The lowest BCUT2D eigenvalue weighted by Gasteiger charge is -2.24. The second-order valence-electron chi connectivity index (χ2n) is 10.6. The average Bonchev–Trinajstić information content (AvgIpc) is 3.81. The second-order valence-corrected chi connectivity index (χ2v) is 10.6. The molecule has 3 heterocycles. The Morgan fingerprint density at radius 2 is 1.78 bits per heavy atom. The maximum atomic E-state index is 13.4. The Labute approximate surface area is 233 Å². The summed E-state index contributed by atoms with van der Waals surface area (Å²) in [4.78, 5) is 39.8. The minimum atomic E-state index is -4.60. The van der Waals surface area contributed by atoms with Gasteiger partial charge in [-0.25, -0.2) is 4.98 Å². The van der Waals surface area contributed by atoms with Crippen LogP contribution in [0.25, 0.3) is 11.1 Å². The van der Waals surface area contributed by atoms with Gasteiger partial charge in [0.15, 0.2) is 6.10 Å². The van der Waals surface area contributed by atoms with Crippen molar-refractivity contribution >= 4 is 5.91 Å². The Morgan fingerprint density at radius 3 is 2.51 bits per heavy atom. The molecular formula is C31H27F3N4O3. The summed E-state index contributed by atoms with van der Waals surface area (Å²) in [6.07, 6.45) is -0.272. The number of aromatic amines is 1. The van der Waals surface area contributed by atoms with E-state index in [4.69, 9.17) is 4.98 Å². The van der Waals surface area contributed by atoms with E-state index in [9.17, 15) is 27.9 Å². The fraction of sp³-hybridized carbons (Fsp3) is 0.290. The smallest absolute Gasteiger partial charge is 0.378 e. The van der Waals surface area contributed by atoms with E-state index in [1.807, 2.05) is 30.3 Å². The SMILES string of the molecule is O=C([C@H](O)c1cccc(C(F)(F)F)c1)N1CCCc2nc(C3(c4cccc(-c5ccncc5)c4)CC3)[nH]c(=O)c2C1. The number of pyridine rings is 1. The summed E-state index contributed by atoms with van der Waals surface area (Å²) in [6, 6.07) is 16.2. The molecule has 0 saturated heterocycles. The number of amides is 1. The normalized spacial score (nSPS) is 16.9. The molecule has 2 N–H and O–H groups in total. The molecule has 1 atom stereocenters. The van der Waals surface area contributed by atoms with Gasteiger partial charge in [0.25, 0.3) is 11.5 Å². The van der Waals surface area contributed by atoms with Gasteiger partial charge in [-0.2, -0.15) is 13.2 Å². The van der Waals surface area contributed by atoms with Crippen molar-refractivity contribution in [3.63, 3.8) is 0 Å². The molecule has 4 aromatic rings. The van der Waals surface area contributed by atoms with Crippen molar-refractivity contribution in [3.8, 4) is 11.1 Å². The van der Waals surface area contributed by atoms with Crippen LogP contribution in [0, 0.1) is 0 Å². The van der Waals surface area contributed by atoms with Crippen molar-refractivity contribution in [2.75, 3.05) is 6.54 Å². The highest BCUT2D eigenvalue weighted by Gasteiger charge is 2.49. The van der Waals surface area contributed by atoms with Crippen molar-refractivity contribution in [1.82, 2.24) is 19.9 Å². The predicted molar refractivity (Wildman–Crippen MR) is 145 cm³/mol. The summed E-state index contributed by atoms with van der Waals surface area (Å²) in [5.74, 6) is -0.163. The van der Waals surface area contributed by atoms with E-state index in [0.29, 0.717) is 29.9 Å². The molecule has 1 saturated carbocycles. The van der Waals surface area contributed by atoms with Gasteiger partial charge in [-0.15, -0.1) is 0 Å². The zero-order valence-corrected chi connectivity index (χ0v) is 22.0. The zero-order chi connectivity index (χ0) is 28.8. The number of hydrogen-bond acceptors (Lipinski definition) is 5. The number of alkyl halides is 3. The highest BCUT2D eigenvalue weighted by atomic mass is 19.4. The first-order chi connectivity index (χ1) is 19.7. The molecule has 10 heteroatoms. The van der Waals surface area contributed by atoms with Gasteiger partial charge in [0, 0.05) is 18.9 Å². The van der Waals surface area contributed by atoms with Crippen molar-refractivity contribution in [3.05, 3.63) is 117 Å². The highest BCUT2D eigenvalue weighted by Crippen LogP contribution is 2.52. The minimum absolute atomic E-state index is 0.0860. The zero-order valence-electron chi connectivity index (χ0n) is 22.0. The monoisotopic (exact) mass is 560 g/mol. The molecule has 1 aliphatic carbocycles. The number of aliphatic hydroxyl groups is 1. The van der Waals surface area contributed by atoms with Crippen molar-refractivity contribution in [1.29, 1.82) is 0 Å². The van der Waals surface area contributed by atoms with Crippen molar-refractivity contribution in [2.24, 2.45) is 0 Å². The number of carbonyl (C=O) groups excluding carboxylic acids is 1. The molecule has 0 unspecified atom stereocenters. The molecule has 2 aromatic heterocycles. The predicted octanol–water partition coefficient (Wildman–Crippen LogP) is 4.94. The van der Waals surface area contributed by atoms with Gasteiger partial charge in [-0.3, -0.25) is 14.6 Å². The molecule has 1 fully saturated rings. The largest absolute Gasteiger partial charge is 0.416 e. The number of benzene rings is 2. The highest BCUT2D eigenvalue weighted by molar-refractivity contribution is 5.82. The van der Waals surface area contributed by atoms with E-state index < -0.39 is 29.2 Å². The molecule has 7 nitrogen and oxygen atoms in total. The summed E-state index contributed by atoms with van der Waals surface area (Å²) < 4.78 is 39.5. The lowest BCUT2D eigenvalue weighted by molar-refractivity contribution is -0.142. The second kappa shape index (κ2) is 10.3. The summed E-state index contributed by atoms with van der Waals surface area (Å²) in [5, 5.41) is 10.7. The van der Waals surface area contributed by atoms with Gasteiger partial charge in [0.1, 0.15) is 5.82 Å². The number of aliphatic hydroxyl groups excluding tert-OH is 1. The summed E-state index contributed by atoms with van der Waals surface area (Å²) >= 11 is 0. The molecule has 41 heavy (non-hydrogen) atoms. The van der Waals surface area contributed by atoms with Crippen LogP contribution in [0.3, 0.4) is 0 Å². The number of hydrogen-bond donors (Lipinski definition) is 2. The van der Waals surface area contributed by atoms with Crippen LogP contribution in [0.2, 0.25) is 0 Å². The lowest BCUT2D eigenvalue weighted by atomic mass is 9.91. The number of fused-ring (bicyclic) bond motifs is 1. The van der Waals surface area contributed by atoms with Gasteiger partial charge in [0.05, 0.1) is 28.8 Å². The van der Waals surface area contributed by atoms with Crippen LogP contribution >= 0.6 is 0 Å². The summed E-state index contributed by atoms with van der Waals surface area (Å²) in [5.41, 5.74) is 2.22. The quantitative estimate of drug-likeness (QED) is 0.360. The number of aryl methyl sites for hydroxylation is 1. The Kier molecular flexibility index (Phi) is 6.73. The van der Waals surface area contributed by atoms with E-state index in [2.05, 4.69) is 16.0 Å². The third kappa shape index (κ3) is 5.15. The van der Waals surface area contributed by atoms with Crippen LogP contribution < -0.4 is 5.56 Å². The Bertz CT molecular complexity index is 1670. The van der Waals surface area contributed by atoms with Gasteiger partial charge in [0.2, 0.25) is 0 Å². The fourth-order valence-corrected chi connectivity index (χ4v) is 5.56. The van der Waals surface area contributed by atoms with Crippen LogP contribution in [-0.4, -0.2) is 37.4 Å². The van der Waals surface area contributed by atoms with Gasteiger partial charge in [-0.05, 0) is 72.2 Å². The Balaban J connectivity index is 1.26. The van der Waals surface area contributed by atoms with E-state index in [1.165, 1.54) is 11.0 Å². The Hall–Kier alpha value is -4.31. The van der Waals surface area contributed by atoms with Gasteiger partial charge < -0.3 is 15.0 Å². The minimum Gasteiger partial charge on any atom is -0.378 e. The maximum absolute atomic E-state index is 13.4. The molecule has 2 aliphatic rings. The van der Waals surface area contributed by atoms with Crippen molar-refractivity contribution < 1.29 is 23.1 Å². The first kappa shape index (κ1) is 26.9. The molecule has 1 amide bonds. The standard InChI is InChI=1S/C31H27F3N4O3/c32-31(33,34)23-7-2-5-21(17-23)26(39)28(41)38-15-3-8-25-24(18-38)27(40)37-29(36-25)30(11-12-30)22-6-1-4-20(16-22)19-9-13-35-14-10-19/h1-2,4-7,9-10,13-14,16-17,26,39H,3,8,11-12,15,18H2,(H,36,37,40)/t26-/m1/s1. The van der Waals surface area contributed by atoms with Crippen LogP contribution in [0.1, 0.15) is 59.1 Å². The molecule has 210 valence electrons. The van der Waals surface area contributed by atoms with E-state index in [-0.39, 0.29) is 24.2 Å². The molecule has 2 aromatic carbocycles. The number of H-pyrrole nitrogens is 1. The number of rotatable bonds is 5. The maximum Gasteiger partial charge on any atom is 0.416 e. The van der Waals surface area contributed by atoms with E-state index in [1.54, 1.807) is 12.4 Å². The molecule has 6 rings (SSSR count). The van der Waals surface area contributed by atoms with Crippen LogP contribution in [0.15, 0.2) is 77.9 Å². The van der Waals surface area contributed by atoms with E-state index >= 15 is 0 Å². The third-order valence-corrected chi connectivity index (χ3v) is 8.00. The van der Waals surface area contributed by atoms with Gasteiger partial charge in [-0.1, -0.05) is 36.4 Å². The van der Waals surface area contributed by atoms with Crippen LogP contribution in [0.4, 0.5) is 13.2 Å². The number of aromatic nitrogens is 3. The lowest BCUT2D eigenvalue weighted by Crippen LogP contribution is -2.36. The Morgan fingerprint density at radius 1 is 1.02 bits per heavy atom. The summed E-state index contributed by atoms with van der Waals surface area (Å²) in [7, 11) is 0. The van der Waals surface area contributed by atoms with Crippen molar-refractivity contribution in [2.45, 2.75) is 49.9 Å². The van der Waals surface area contributed by atoms with Gasteiger partial charge >= 0.3 is 6.18 Å². The topological polar surface area (TPSA) is 99.2 Å². The molecular weight excluding hydrogens is 533 g/mol. The average molecular weight is 561 g/mol. The molecule has 1 aliphatic heterocycles. The molecule has 0 bridgehead atoms. The van der Waals surface area contributed by atoms with Crippen LogP contribution in [-0.2, 0) is 29.4 Å².